The molecule has 0 aromatic heterocycles. The first kappa shape index (κ1) is 62.3. The van der Waals surface area contributed by atoms with Crippen LogP contribution in [0.5, 0.6) is 0 Å². The van der Waals surface area contributed by atoms with Gasteiger partial charge in [-0.3, -0.25) is 0 Å². The Morgan fingerprint density at radius 2 is 0.691 bits per heavy atom. The second-order valence-electron chi connectivity index (χ2n) is 20.9. The van der Waals surface area contributed by atoms with E-state index in [1.165, 1.54) is 108 Å². The van der Waals surface area contributed by atoms with Crippen LogP contribution in [-0.2, 0) is 9.47 Å². The van der Waals surface area contributed by atoms with Crippen LogP contribution in [0.3, 0.4) is 0 Å². The van der Waals surface area contributed by atoms with Gasteiger partial charge in [0.15, 0.2) is 11.6 Å². The number of hydrogen-bond acceptors (Lipinski definition) is 2. The zero-order chi connectivity index (χ0) is 51.3. The van der Waals surface area contributed by atoms with Crippen molar-refractivity contribution in [3.05, 3.63) is 152 Å². The lowest BCUT2D eigenvalue weighted by atomic mass is 9.84. The van der Waals surface area contributed by atoms with Crippen molar-refractivity contribution in [1.82, 2.24) is 0 Å². The summed E-state index contributed by atoms with van der Waals surface area (Å²) in [6.07, 6.45) is 18.6. The van der Waals surface area contributed by atoms with Gasteiger partial charge >= 0.3 is 0 Å². The van der Waals surface area contributed by atoms with Gasteiger partial charge in [0.05, 0.1) is 12.2 Å². The van der Waals surface area contributed by atoms with Gasteiger partial charge in [-0.15, -0.1) is 0 Å². The van der Waals surface area contributed by atoms with Crippen LogP contribution in [0.15, 0.2) is 84.4 Å². The standard InChI is InChI=1S/C8H8F2.2C8H9F.C8H16.C8H14.C8H10.2C7H14O/c1-5-3-4-6(2)8(10)7(5)9;2*1-6-3-4-7(2)8(9)5-6;3*1-7-3-5-8(2)6-4-7;2*1-6-3-4-7(2)8-5-6/h3-4H,1-2H3;2*3-5H,1-2H3;7-8H,3-6H2,1-2H3;3,8H,4-6H2,1-2H3;3-6H,1-2H3;2*6-7H,3-5H2,1-2H3. The minimum atomic E-state index is -0.736. The molecule has 1 saturated carbocycles. The van der Waals surface area contributed by atoms with Crippen molar-refractivity contribution < 1.29 is 27.0 Å². The van der Waals surface area contributed by atoms with Gasteiger partial charge in [-0.05, 0) is 196 Å². The molecule has 6 heteroatoms. The van der Waals surface area contributed by atoms with Crippen LogP contribution in [0, 0.1) is 108 Å². The quantitative estimate of drug-likeness (QED) is 0.129. The summed E-state index contributed by atoms with van der Waals surface area (Å²) in [6, 6.07) is 22.0. The Hall–Kier alpha value is -3.74. The van der Waals surface area contributed by atoms with Crippen molar-refractivity contribution in [2.24, 2.45) is 29.6 Å². The predicted octanol–water partition coefficient (Wildman–Crippen LogP) is 19.0. The van der Waals surface area contributed by atoms with E-state index in [0.29, 0.717) is 34.5 Å². The molecule has 2 aliphatic carbocycles. The fraction of sp³-hybridized carbons (Fsp3) is 0.581. The van der Waals surface area contributed by atoms with Crippen molar-refractivity contribution >= 4 is 0 Å². The summed E-state index contributed by atoms with van der Waals surface area (Å²) in [6.45, 7) is 34.5. The number of allylic oxidation sites excluding steroid dienone is 2. The average Bonchev–Trinajstić information content (AvgIpc) is 3.31. The molecule has 2 heterocycles. The number of ether oxygens (including phenoxy) is 2. The zero-order valence-corrected chi connectivity index (χ0v) is 45.6. The third-order valence-electron chi connectivity index (χ3n) is 13.0. The van der Waals surface area contributed by atoms with Crippen LogP contribution in [-0.4, -0.2) is 25.4 Å². The summed E-state index contributed by atoms with van der Waals surface area (Å²) in [5.74, 6) is 2.87. The first-order valence-corrected chi connectivity index (χ1v) is 25.8. The molecule has 382 valence electrons. The Kier molecular flexibility index (Phi) is 31.6. The molecule has 5 unspecified atom stereocenters. The number of aryl methyl sites for hydroxylation is 8. The molecule has 0 spiro atoms. The number of hydrogen-bond donors (Lipinski definition) is 0. The van der Waals surface area contributed by atoms with E-state index in [0.717, 1.165) is 53.9 Å². The Morgan fingerprint density at radius 1 is 0.368 bits per heavy atom. The predicted molar refractivity (Wildman–Crippen MR) is 285 cm³/mol. The second kappa shape index (κ2) is 34.5. The lowest BCUT2D eigenvalue weighted by molar-refractivity contribution is 0.000174. The molecule has 5 atom stereocenters. The van der Waals surface area contributed by atoms with Crippen LogP contribution in [0.4, 0.5) is 17.6 Å². The van der Waals surface area contributed by atoms with E-state index < -0.39 is 11.6 Å². The van der Waals surface area contributed by atoms with Crippen molar-refractivity contribution in [3.8, 4) is 0 Å². The maximum absolute atomic E-state index is 12.6. The lowest BCUT2D eigenvalue weighted by Crippen LogP contribution is -2.21. The van der Waals surface area contributed by atoms with E-state index in [-0.39, 0.29) is 11.6 Å². The SMILES string of the molecule is CC1=CCC(C)CC1.CC1CCC(C)CC1.CC1CCC(C)OC1.CC1CCC(C)OC1.Cc1ccc(C)c(F)c1.Cc1ccc(C)c(F)c1.Cc1ccc(C)c(F)c1F.Cc1ccc(C)cc1. The highest BCUT2D eigenvalue weighted by Gasteiger charge is 2.15. The van der Waals surface area contributed by atoms with Gasteiger partial charge in [0.25, 0.3) is 0 Å². The van der Waals surface area contributed by atoms with Gasteiger partial charge in [0.2, 0.25) is 0 Å². The van der Waals surface area contributed by atoms with Crippen molar-refractivity contribution in [1.29, 1.82) is 0 Å². The molecule has 0 N–H and O–H groups in total. The highest BCUT2D eigenvalue weighted by Crippen LogP contribution is 2.27. The normalized spacial score (nSPS) is 22.6. The van der Waals surface area contributed by atoms with Crippen LogP contribution in [0.2, 0.25) is 0 Å². The molecule has 68 heavy (non-hydrogen) atoms. The van der Waals surface area contributed by atoms with Crippen molar-refractivity contribution in [2.45, 2.75) is 194 Å². The molecule has 8 rings (SSSR count). The average molecular weight is 947 g/mol. The highest BCUT2D eigenvalue weighted by molar-refractivity contribution is 5.24. The van der Waals surface area contributed by atoms with Gasteiger partial charge in [-0.1, -0.05) is 144 Å². The maximum atomic E-state index is 12.6. The zero-order valence-electron chi connectivity index (χ0n) is 45.6. The summed E-state index contributed by atoms with van der Waals surface area (Å²) in [5, 5.41) is 0. The summed E-state index contributed by atoms with van der Waals surface area (Å²) in [7, 11) is 0. The monoisotopic (exact) mass is 947 g/mol. The Labute approximate surface area is 414 Å². The molecule has 2 aliphatic heterocycles. The minimum Gasteiger partial charge on any atom is -0.378 e. The maximum Gasteiger partial charge on any atom is 0.161 e. The summed E-state index contributed by atoms with van der Waals surface area (Å²) in [4.78, 5) is 0. The van der Waals surface area contributed by atoms with Gasteiger partial charge in [-0.2, -0.15) is 0 Å². The second-order valence-corrected chi connectivity index (χ2v) is 20.9. The van der Waals surface area contributed by atoms with E-state index >= 15 is 0 Å². The van der Waals surface area contributed by atoms with E-state index in [4.69, 9.17) is 9.47 Å². The molecule has 0 amide bonds. The van der Waals surface area contributed by atoms with E-state index in [9.17, 15) is 17.6 Å². The molecular weight excluding hydrogens is 853 g/mol. The van der Waals surface area contributed by atoms with Crippen LogP contribution in [0.1, 0.15) is 171 Å². The molecule has 0 bridgehead atoms. The van der Waals surface area contributed by atoms with Crippen LogP contribution < -0.4 is 0 Å². The topological polar surface area (TPSA) is 18.5 Å². The van der Waals surface area contributed by atoms with Gasteiger partial charge in [0.1, 0.15) is 11.6 Å². The number of halogens is 4. The van der Waals surface area contributed by atoms with Crippen LogP contribution in [0.25, 0.3) is 0 Å². The molecule has 2 saturated heterocycles. The number of benzene rings is 4. The molecule has 0 radical (unpaired) electrons. The van der Waals surface area contributed by atoms with E-state index in [1.807, 2.05) is 26.0 Å². The Bertz CT molecular complexity index is 1790. The first-order valence-electron chi connectivity index (χ1n) is 25.8. The third kappa shape index (κ3) is 29.3. The van der Waals surface area contributed by atoms with E-state index in [1.54, 1.807) is 43.7 Å². The van der Waals surface area contributed by atoms with E-state index in [2.05, 4.69) is 99.6 Å². The first-order chi connectivity index (χ1) is 32.0. The van der Waals surface area contributed by atoms with Gasteiger partial charge in [0, 0.05) is 13.2 Å². The number of rotatable bonds is 0. The van der Waals surface area contributed by atoms with Crippen molar-refractivity contribution in [2.75, 3.05) is 13.2 Å². The fourth-order valence-electron chi connectivity index (χ4n) is 7.33. The van der Waals surface area contributed by atoms with Gasteiger partial charge in [-0.25, -0.2) is 17.6 Å². The Morgan fingerprint density at radius 3 is 0.941 bits per heavy atom. The molecular formula is C62H94F4O2. The largest absolute Gasteiger partial charge is 0.378 e. The molecule has 4 aromatic rings. The molecule has 4 aromatic carbocycles. The lowest BCUT2D eigenvalue weighted by Gasteiger charge is -2.23. The fourth-order valence-corrected chi connectivity index (χ4v) is 7.33. The van der Waals surface area contributed by atoms with Crippen LogP contribution >= 0.6 is 0 Å². The minimum absolute atomic E-state index is 0.116. The van der Waals surface area contributed by atoms with Gasteiger partial charge < -0.3 is 9.47 Å². The molecule has 4 aliphatic rings. The van der Waals surface area contributed by atoms with Crippen molar-refractivity contribution in [3.63, 3.8) is 0 Å². The highest BCUT2D eigenvalue weighted by atomic mass is 19.2. The molecule has 2 nitrogen and oxygen atoms in total. The summed E-state index contributed by atoms with van der Waals surface area (Å²) in [5.41, 5.74) is 8.30. The third-order valence-corrected chi connectivity index (χ3v) is 13.0. The summed E-state index contributed by atoms with van der Waals surface area (Å²) < 4.78 is 61.2. The smallest absolute Gasteiger partial charge is 0.161 e. The molecule has 3 fully saturated rings. The summed E-state index contributed by atoms with van der Waals surface area (Å²) >= 11 is 0. The Balaban J connectivity index is 0.000000389.